The summed E-state index contributed by atoms with van der Waals surface area (Å²) in [4.78, 5) is 23.0. The van der Waals surface area contributed by atoms with Crippen molar-refractivity contribution in [3.8, 4) is 0 Å². The fourth-order valence-electron chi connectivity index (χ4n) is 1.64. The Morgan fingerprint density at radius 3 is 2.25 bits per heavy atom. The van der Waals surface area contributed by atoms with E-state index in [1.807, 2.05) is 26.0 Å². The number of amides is 2. The van der Waals surface area contributed by atoms with Crippen LogP contribution in [0.5, 0.6) is 0 Å². The van der Waals surface area contributed by atoms with Crippen molar-refractivity contribution in [1.82, 2.24) is 5.32 Å². The second-order valence-corrected chi connectivity index (χ2v) is 5.21. The number of rotatable bonds is 6. The Labute approximate surface area is 119 Å². The summed E-state index contributed by atoms with van der Waals surface area (Å²) in [5, 5.41) is 5.37. The van der Waals surface area contributed by atoms with E-state index in [0.717, 1.165) is 5.56 Å². The Balaban J connectivity index is 2.53. The highest BCUT2D eigenvalue weighted by atomic mass is 16.2. The average Bonchev–Trinajstić information content (AvgIpc) is 2.40. The lowest BCUT2D eigenvalue weighted by atomic mass is 10.0. The average molecular weight is 277 g/mol. The van der Waals surface area contributed by atoms with Crippen LogP contribution in [0.4, 0.5) is 5.69 Å². The highest BCUT2D eigenvalue weighted by Gasteiger charge is 2.13. The number of anilines is 1. The molecule has 5 nitrogen and oxygen atoms in total. The molecule has 0 saturated heterocycles. The molecule has 110 valence electrons. The monoisotopic (exact) mass is 277 g/mol. The summed E-state index contributed by atoms with van der Waals surface area (Å²) < 4.78 is 0. The number of carbonyl (C=O) groups is 2. The first-order chi connectivity index (χ1) is 9.42. The number of hydrogen-bond acceptors (Lipinski definition) is 3. The molecule has 1 aromatic carbocycles. The molecule has 0 saturated carbocycles. The van der Waals surface area contributed by atoms with E-state index in [2.05, 4.69) is 10.6 Å². The number of nitrogens with one attached hydrogen (secondary N) is 2. The SMILES string of the molecule is CNC(=O)Cc1ccc(NC(=O)CC(N)C(C)C)cc1. The molecule has 1 atom stereocenters. The Morgan fingerprint density at radius 2 is 1.75 bits per heavy atom. The van der Waals surface area contributed by atoms with Gasteiger partial charge in [0.2, 0.25) is 11.8 Å². The minimum Gasteiger partial charge on any atom is -0.359 e. The molecule has 1 unspecified atom stereocenters. The third-order valence-corrected chi connectivity index (χ3v) is 3.16. The second kappa shape index (κ2) is 7.65. The van der Waals surface area contributed by atoms with Crippen molar-refractivity contribution >= 4 is 17.5 Å². The number of carbonyl (C=O) groups excluding carboxylic acids is 2. The van der Waals surface area contributed by atoms with Gasteiger partial charge in [-0.1, -0.05) is 26.0 Å². The first-order valence-corrected chi connectivity index (χ1v) is 6.77. The van der Waals surface area contributed by atoms with Crippen LogP contribution in [0.3, 0.4) is 0 Å². The summed E-state index contributed by atoms with van der Waals surface area (Å²) in [5.74, 6) is 0.144. The zero-order chi connectivity index (χ0) is 15.1. The molecule has 20 heavy (non-hydrogen) atoms. The van der Waals surface area contributed by atoms with Gasteiger partial charge in [-0.15, -0.1) is 0 Å². The van der Waals surface area contributed by atoms with E-state index in [1.54, 1.807) is 19.2 Å². The van der Waals surface area contributed by atoms with Crippen molar-refractivity contribution in [2.75, 3.05) is 12.4 Å². The van der Waals surface area contributed by atoms with Crippen LogP contribution in [0.15, 0.2) is 24.3 Å². The minimum atomic E-state index is -0.137. The molecule has 0 fully saturated rings. The highest BCUT2D eigenvalue weighted by Crippen LogP contribution is 2.11. The standard InChI is InChI=1S/C15H23N3O2/c1-10(2)13(16)9-15(20)18-12-6-4-11(5-7-12)8-14(19)17-3/h4-7,10,13H,8-9,16H2,1-3H3,(H,17,19)(H,18,20). The Bertz CT molecular complexity index is 455. The van der Waals surface area contributed by atoms with E-state index < -0.39 is 0 Å². The topological polar surface area (TPSA) is 84.2 Å². The minimum absolute atomic E-state index is 0.0373. The fourth-order valence-corrected chi connectivity index (χ4v) is 1.64. The normalized spacial score (nSPS) is 12.1. The summed E-state index contributed by atoms with van der Waals surface area (Å²) in [7, 11) is 1.61. The quantitative estimate of drug-likeness (QED) is 0.732. The lowest BCUT2D eigenvalue weighted by molar-refractivity contribution is -0.120. The molecule has 0 heterocycles. The molecule has 0 aliphatic heterocycles. The van der Waals surface area contributed by atoms with Crippen LogP contribution in [0, 0.1) is 5.92 Å². The lowest BCUT2D eigenvalue weighted by Gasteiger charge is -2.15. The number of likely N-dealkylation sites (N-methyl/N-ethyl adjacent to an activating group) is 1. The first kappa shape index (κ1) is 16.2. The molecule has 0 aliphatic carbocycles. The van der Waals surface area contributed by atoms with E-state index >= 15 is 0 Å². The van der Waals surface area contributed by atoms with Gasteiger partial charge < -0.3 is 16.4 Å². The molecule has 0 aliphatic rings. The number of hydrogen-bond donors (Lipinski definition) is 3. The van der Waals surface area contributed by atoms with Gasteiger partial charge in [0.25, 0.3) is 0 Å². The molecule has 0 radical (unpaired) electrons. The molecular formula is C15H23N3O2. The molecule has 1 rings (SSSR count). The third-order valence-electron chi connectivity index (χ3n) is 3.16. The van der Waals surface area contributed by atoms with Gasteiger partial charge in [0.05, 0.1) is 6.42 Å². The van der Waals surface area contributed by atoms with Crippen LogP contribution in [0.1, 0.15) is 25.8 Å². The van der Waals surface area contributed by atoms with Gasteiger partial charge in [0, 0.05) is 25.2 Å². The van der Waals surface area contributed by atoms with Gasteiger partial charge in [-0.2, -0.15) is 0 Å². The Kier molecular flexibility index (Phi) is 6.18. The molecular weight excluding hydrogens is 254 g/mol. The van der Waals surface area contributed by atoms with Gasteiger partial charge in [0.1, 0.15) is 0 Å². The van der Waals surface area contributed by atoms with Crippen LogP contribution in [-0.4, -0.2) is 24.9 Å². The smallest absolute Gasteiger partial charge is 0.225 e. The van der Waals surface area contributed by atoms with Crippen LogP contribution >= 0.6 is 0 Å². The first-order valence-electron chi connectivity index (χ1n) is 6.77. The van der Waals surface area contributed by atoms with Gasteiger partial charge in [-0.25, -0.2) is 0 Å². The van der Waals surface area contributed by atoms with Crippen molar-refractivity contribution in [2.45, 2.75) is 32.7 Å². The molecule has 0 bridgehead atoms. The van der Waals surface area contributed by atoms with E-state index in [-0.39, 0.29) is 23.8 Å². The van der Waals surface area contributed by atoms with Crippen LogP contribution in [0.2, 0.25) is 0 Å². The molecule has 2 amide bonds. The summed E-state index contributed by atoms with van der Waals surface area (Å²) in [5.41, 5.74) is 7.48. The second-order valence-electron chi connectivity index (χ2n) is 5.21. The van der Waals surface area contributed by atoms with Crippen molar-refractivity contribution < 1.29 is 9.59 Å². The maximum atomic E-state index is 11.8. The van der Waals surface area contributed by atoms with E-state index in [0.29, 0.717) is 18.5 Å². The zero-order valence-corrected chi connectivity index (χ0v) is 12.3. The molecule has 4 N–H and O–H groups in total. The maximum Gasteiger partial charge on any atom is 0.225 e. The van der Waals surface area contributed by atoms with Gasteiger partial charge in [-0.3, -0.25) is 9.59 Å². The summed E-state index contributed by atoms with van der Waals surface area (Å²) in [6.07, 6.45) is 0.639. The molecule has 1 aromatic rings. The van der Waals surface area contributed by atoms with Crippen molar-refractivity contribution in [3.63, 3.8) is 0 Å². The predicted octanol–water partition coefficient (Wildman–Crippen LogP) is 1.29. The number of benzene rings is 1. The highest BCUT2D eigenvalue weighted by molar-refractivity contribution is 5.91. The third kappa shape index (κ3) is 5.40. The molecule has 0 aromatic heterocycles. The number of nitrogens with two attached hydrogens (primary N) is 1. The van der Waals surface area contributed by atoms with Crippen LogP contribution in [0.25, 0.3) is 0 Å². The maximum absolute atomic E-state index is 11.8. The van der Waals surface area contributed by atoms with E-state index in [1.165, 1.54) is 0 Å². The fraction of sp³-hybridized carbons (Fsp3) is 0.467. The van der Waals surface area contributed by atoms with Gasteiger partial charge >= 0.3 is 0 Å². The Morgan fingerprint density at radius 1 is 1.15 bits per heavy atom. The Hall–Kier alpha value is -1.88. The zero-order valence-electron chi connectivity index (χ0n) is 12.3. The molecule has 5 heteroatoms. The summed E-state index contributed by atoms with van der Waals surface area (Å²) in [6.45, 7) is 3.98. The van der Waals surface area contributed by atoms with Gasteiger partial charge in [0.15, 0.2) is 0 Å². The predicted molar refractivity (Wildman–Crippen MR) is 80.3 cm³/mol. The van der Waals surface area contributed by atoms with Crippen molar-refractivity contribution in [3.05, 3.63) is 29.8 Å². The van der Waals surface area contributed by atoms with E-state index in [9.17, 15) is 9.59 Å². The van der Waals surface area contributed by atoms with Crippen molar-refractivity contribution in [2.24, 2.45) is 11.7 Å². The van der Waals surface area contributed by atoms with E-state index in [4.69, 9.17) is 5.73 Å². The van der Waals surface area contributed by atoms with Crippen LogP contribution in [-0.2, 0) is 16.0 Å². The van der Waals surface area contributed by atoms with Gasteiger partial charge in [-0.05, 0) is 23.6 Å². The summed E-state index contributed by atoms with van der Waals surface area (Å²) >= 11 is 0. The lowest BCUT2D eigenvalue weighted by Crippen LogP contribution is -2.31. The molecule has 0 spiro atoms. The largest absolute Gasteiger partial charge is 0.359 e. The summed E-state index contributed by atoms with van der Waals surface area (Å²) in [6, 6.07) is 7.09. The van der Waals surface area contributed by atoms with Crippen LogP contribution < -0.4 is 16.4 Å². The van der Waals surface area contributed by atoms with Crippen molar-refractivity contribution in [1.29, 1.82) is 0 Å².